The van der Waals surface area contributed by atoms with Gasteiger partial charge >= 0.3 is 0 Å². The fourth-order valence-electron chi connectivity index (χ4n) is 2.48. The van der Waals surface area contributed by atoms with E-state index in [1.165, 1.54) is 0 Å². The summed E-state index contributed by atoms with van der Waals surface area (Å²) < 4.78 is 0.997. The topological polar surface area (TPSA) is 43.1 Å². The van der Waals surface area contributed by atoms with E-state index in [-0.39, 0.29) is 11.2 Å². The van der Waals surface area contributed by atoms with Gasteiger partial charge in [-0.15, -0.1) is 0 Å². The molecule has 1 aromatic rings. The van der Waals surface area contributed by atoms with Gasteiger partial charge in [0.15, 0.2) is 5.78 Å². The fourth-order valence-corrected chi connectivity index (χ4v) is 2.75. The van der Waals surface area contributed by atoms with E-state index in [1.807, 2.05) is 24.3 Å². The lowest BCUT2D eigenvalue weighted by atomic mass is 9.79. The largest absolute Gasteiger partial charge is 0.329 e. The molecule has 0 saturated heterocycles. The Morgan fingerprint density at radius 2 is 1.81 bits per heavy atom. The van der Waals surface area contributed by atoms with Gasteiger partial charge in [0.25, 0.3) is 0 Å². The molecule has 0 aromatic heterocycles. The van der Waals surface area contributed by atoms with Crippen LogP contribution in [0, 0.1) is 5.41 Å². The van der Waals surface area contributed by atoms with Crippen LogP contribution in [0.4, 0.5) is 0 Å². The van der Waals surface area contributed by atoms with E-state index in [2.05, 4.69) is 15.9 Å². The highest BCUT2D eigenvalue weighted by molar-refractivity contribution is 9.10. The summed E-state index contributed by atoms with van der Waals surface area (Å²) in [6.45, 7) is 0.474. The normalized spacial score (nSPS) is 18.6. The molecule has 0 unspecified atom stereocenters. The van der Waals surface area contributed by atoms with Gasteiger partial charge in [0.05, 0.1) is 0 Å². The second kappa shape index (κ2) is 4.68. The number of carbonyl (C=O) groups is 1. The summed E-state index contributed by atoms with van der Waals surface area (Å²) in [6.07, 6.45) is 4.13. The molecule has 2 N–H and O–H groups in total. The minimum atomic E-state index is -0.284. The molecule has 0 aliphatic heterocycles. The number of halogens is 1. The number of hydrogen-bond acceptors (Lipinski definition) is 2. The molecule has 0 spiro atoms. The SMILES string of the molecule is NCC1(C(=O)c2ccc(Br)cc2)CCCC1. The Kier molecular flexibility index (Phi) is 3.45. The predicted molar refractivity (Wildman–Crippen MR) is 68.4 cm³/mol. The van der Waals surface area contributed by atoms with E-state index in [0.29, 0.717) is 6.54 Å². The summed E-state index contributed by atoms with van der Waals surface area (Å²) in [5.74, 6) is 0.222. The number of ketones is 1. The number of carbonyl (C=O) groups excluding carboxylic acids is 1. The monoisotopic (exact) mass is 281 g/mol. The van der Waals surface area contributed by atoms with E-state index >= 15 is 0 Å². The van der Waals surface area contributed by atoms with Crippen LogP contribution < -0.4 is 5.73 Å². The van der Waals surface area contributed by atoms with Crippen molar-refractivity contribution in [3.8, 4) is 0 Å². The number of benzene rings is 1. The van der Waals surface area contributed by atoms with Crippen LogP contribution in [0.25, 0.3) is 0 Å². The maximum absolute atomic E-state index is 12.4. The maximum atomic E-state index is 12.4. The standard InChI is InChI=1S/C13H16BrNO/c14-11-5-3-10(4-6-11)12(16)13(9-15)7-1-2-8-13/h3-6H,1-2,7-9,15H2. The predicted octanol–water partition coefficient (Wildman–Crippen LogP) is 3.15. The lowest BCUT2D eigenvalue weighted by Crippen LogP contribution is -2.36. The molecule has 1 fully saturated rings. The lowest BCUT2D eigenvalue weighted by Gasteiger charge is -2.25. The molecule has 0 heterocycles. The summed E-state index contributed by atoms with van der Waals surface area (Å²) in [6, 6.07) is 7.57. The number of hydrogen-bond donors (Lipinski definition) is 1. The van der Waals surface area contributed by atoms with E-state index in [1.54, 1.807) is 0 Å². The molecule has 0 amide bonds. The van der Waals surface area contributed by atoms with Crippen molar-refractivity contribution in [2.75, 3.05) is 6.54 Å². The van der Waals surface area contributed by atoms with Crippen LogP contribution in [0.5, 0.6) is 0 Å². The van der Waals surface area contributed by atoms with Gasteiger partial charge < -0.3 is 5.73 Å². The summed E-state index contributed by atoms with van der Waals surface area (Å²) in [7, 11) is 0. The molecule has 1 aromatic carbocycles. The van der Waals surface area contributed by atoms with Crippen LogP contribution in [0.3, 0.4) is 0 Å². The van der Waals surface area contributed by atoms with Crippen molar-refractivity contribution in [3.05, 3.63) is 34.3 Å². The summed E-state index contributed by atoms with van der Waals surface area (Å²) in [5.41, 5.74) is 6.31. The second-order valence-corrected chi connectivity index (χ2v) is 5.44. The maximum Gasteiger partial charge on any atom is 0.170 e. The molecule has 2 rings (SSSR count). The minimum Gasteiger partial charge on any atom is -0.329 e. The zero-order chi connectivity index (χ0) is 11.6. The molecule has 3 heteroatoms. The van der Waals surface area contributed by atoms with Crippen molar-refractivity contribution in [1.29, 1.82) is 0 Å². The molecule has 1 aliphatic carbocycles. The summed E-state index contributed by atoms with van der Waals surface area (Å²) in [5, 5.41) is 0. The van der Waals surface area contributed by atoms with Crippen LogP contribution in [0.1, 0.15) is 36.0 Å². The molecule has 1 aliphatic rings. The van der Waals surface area contributed by atoms with Crippen LogP contribution in [0.15, 0.2) is 28.7 Å². The first-order valence-electron chi connectivity index (χ1n) is 5.68. The van der Waals surface area contributed by atoms with Crippen molar-refractivity contribution in [2.45, 2.75) is 25.7 Å². The Bertz CT molecular complexity index is 379. The highest BCUT2D eigenvalue weighted by atomic mass is 79.9. The van der Waals surface area contributed by atoms with Crippen molar-refractivity contribution in [1.82, 2.24) is 0 Å². The molecule has 86 valence electrons. The van der Waals surface area contributed by atoms with Gasteiger partial charge in [-0.1, -0.05) is 40.9 Å². The first-order chi connectivity index (χ1) is 7.68. The molecule has 1 saturated carbocycles. The van der Waals surface area contributed by atoms with Crippen molar-refractivity contribution >= 4 is 21.7 Å². The van der Waals surface area contributed by atoms with Gasteiger partial charge in [0.1, 0.15) is 0 Å². The smallest absolute Gasteiger partial charge is 0.170 e. The minimum absolute atomic E-state index is 0.222. The Morgan fingerprint density at radius 3 is 2.31 bits per heavy atom. The first kappa shape index (κ1) is 11.8. The van der Waals surface area contributed by atoms with Crippen LogP contribution >= 0.6 is 15.9 Å². The second-order valence-electron chi connectivity index (χ2n) is 4.53. The Hall–Kier alpha value is -0.670. The lowest BCUT2D eigenvalue weighted by molar-refractivity contribution is 0.0810. The van der Waals surface area contributed by atoms with E-state index in [0.717, 1.165) is 35.7 Å². The van der Waals surface area contributed by atoms with Crippen molar-refractivity contribution < 1.29 is 4.79 Å². The number of Topliss-reactive ketones (excluding diaryl/α,β-unsaturated/α-hetero) is 1. The van der Waals surface area contributed by atoms with Crippen LogP contribution in [-0.2, 0) is 0 Å². The van der Waals surface area contributed by atoms with Crippen molar-refractivity contribution in [2.24, 2.45) is 11.1 Å². The molecular weight excluding hydrogens is 266 g/mol. The number of nitrogens with two attached hydrogens (primary N) is 1. The zero-order valence-electron chi connectivity index (χ0n) is 9.21. The van der Waals surface area contributed by atoms with Crippen LogP contribution in [-0.4, -0.2) is 12.3 Å². The quantitative estimate of drug-likeness (QED) is 0.865. The van der Waals surface area contributed by atoms with E-state index < -0.39 is 0 Å². The van der Waals surface area contributed by atoms with E-state index in [4.69, 9.17) is 5.73 Å². The van der Waals surface area contributed by atoms with Gasteiger partial charge in [-0.2, -0.15) is 0 Å². The van der Waals surface area contributed by atoms with Gasteiger partial charge in [-0.25, -0.2) is 0 Å². The molecule has 2 nitrogen and oxygen atoms in total. The first-order valence-corrected chi connectivity index (χ1v) is 6.48. The van der Waals surface area contributed by atoms with Gasteiger partial charge in [0.2, 0.25) is 0 Å². The highest BCUT2D eigenvalue weighted by Crippen LogP contribution is 2.40. The number of rotatable bonds is 3. The molecule has 0 bridgehead atoms. The highest BCUT2D eigenvalue weighted by Gasteiger charge is 2.39. The molecule has 0 atom stereocenters. The molecule has 16 heavy (non-hydrogen) atoms. The average Bonchev–Trinajstić information content (AvgIpc) is 2.79. The summed E-state index contributed by atoms with van der Waals surface area (Å²) in [4.78, 5) is 12.4. The Morgan fingerprint density at radius 1 is 1.25 bits per heavy atom. The molecule has 0 radical (unpaired) electrons. The average molecular weight is 282 g/mol. The van der Waals surface area contributed by atoms with Gasteiger partial charge in [-0.05, 0) is 25.0 Å². The Labute approximate surface area is 104 Å². The third-order valence-electron chi connectivity index (χ3n) is 3.54. The van der Waals surface area contributed by atoms with Crippen molar-refractivity contribution in [3.63, 3.8) is 0 Å². The third-order valence-corrected chi connectivity index (χ3v) is 4.07. The Balaban J connectivity index is 2.26. The van der Waals surface area contributed by atoms with Gasteiger partial charge in [-0.3, -0.25) is 4.79 Å². The van der Waals surface area contributed by atoms with Crippen LogP contribution in [0.2, 0.25) is 0 Å². The fraction of sp³-hybridized carbons (Fsp3) is 0.462. The summed E-state index contributed by atoms with van der Waals surface area (Å²) >= 11 is 3.37. The third kappa shape index (κ3) is 2.06. The van der Waals surface area contributed by atoms with E-state index in [9.17, 15) is 4.79 Å². The molecular formula is C13H16BrNO. The zero-order valence-corrected chi connectivity index (χ0v) is 10.8. The van der Waals surface area contributed by atoms with Gasteiger partial charge in [0, 0.05) is 22.0 Å².